The normalized spacial score (nSPS) is 15.8. The number of benzene rings is 1. The van der Waals surface area contributed by atoms with Gasteiger partial charge in [-0.05, 0) is 56.2 Å². The minimum atomic E-state index is -1.38. The zero-order valence-electron chi connectivity index (χ0n) is 21.8. The second-order valence-corrected chi connectivity index (χ2v) is 11.0. The van der Waals surface area contributed by atoms with Crippen molar-refractivity contribution in [1.29, 1.82) is 0 Å². The number of hydrogen-bond acceptors (Lipinski definition) is 6. The van der Waals surface area contributed by atoms with Crippen molar-refractivity contribution in [3.8, 4) is 17.1 Å². The number of carbonyl (C=O) groups excluding carboxylic acids is 1. The maximum absolute atomic E-state index is 13.5. The lowest BCUT2D eigenvalue weighted by atomic mass is 9.95. The summed E-state index contributed by atoms with van der Waals surface area (Å²) in [5.74, 6) is 1.33. The average Bonchev–Trinajstić information content (AvgIpc) is 3.18. The van der Waals surface area contributed by atoms with Gasteiger partial charge in [-0.2, -0.15) is 0 Å². The van der Waals surface area contributed by atoms with Crippen LogP contribution in [0.15, 0.2) is 27.9 Å². The van der Waals surface area contributed by atoms with E-state index in [4.69, 9.17) is 9.72 Å². The first-order valence-electron chi connectivity index (χ1n) is 13.0. The largest absolute Gasteiger partial charge is 0.493 e. The van der Waals surface area contributed by atoms with E-state index in [0.717, 1.165) is 44.0 Å². The number of aldehydes is 1. The SMILES string of the molecule is CCCOc1ccc(S(=O)N2CCC(CCO)CC2)cc1-c1nc2c(CCC)c(C=O)n(C)c2c(=O)[nH]1. The first kappa shape index (κ1) is 27.2. The molecule has 3 aromatic rings. The fourth-order valence-corrected chi connectivity index (χ4v) is 6.29. The van der Waals surface area contributed by atoms with Gasteiger partial charge in [0, 0.05) is 32.3 Å². The Kier molecular flexibility index (Phi) is 8.94. The van der Waals surface area contributed by atoms with Crippen LogP contribution >= 0.6 is 0 Å². The van der Waals surface area contributed by atoms with Gasteiger partial charge < -0.3 is 19.4 Å². The van der Waals surface area contributed by atoms with Gasteiger partial charge in [0.05, 0.1) is 22.8 Å². The van der Waals surface area contributed by atoms with Gasteiger partial charge in [0.2, 0.25) is 0 Å². The number of ether oxygens (including phenoxy) is 1. The van der Waals surface area contributed by atoms with Crippen molar-refractivity contribution >= 4 is 28.3 Å². The standard InChI is InChI=1S/C27H36N4O5S/c1-4-6-20-22(17-33)30(3)25-24(20)28-26(29-27(25)34)21-16-19(7-8-23(21)36-15-5-2)37(35)31-12-9-18(10-13-31)11-14-32/h7-8,16-18,32H,4-6,9-15H2,1-3H3,(H,28,29,34). The Morgan fingerprint density at radius 3 is 2.65 bits per heavy atom. The van der Waals surface area contributed by atoms with Gasteiger partial charge in [-0.15, -0.1) is 0 Å². The molecule has 2 aromatic heterocycles. The van der Waals surface area contributed by atoms with Gasteiger partial charge in [-0.1, -0.05) is 20.3 Å². The Bertz CT molecular complexity index is 1340. The lowest BCUT2D eigenvalue weighted by Gasteiger charge is -2.30. The Labute approximate surface area is 219 Å². The molecule has 1 fully saturated rings. The maximum atomic E-state index is 13.5. The summed E-state index contributed by atoms with van der Waals surface area (Å²) in [5.41, 5.74) is 2.29. The Hall–Kier alpha value is -2.82. The number of nitrogens with one attached hydrogen (secondary N) is 1. The van der Waals surface area contributed by atoms with E-state index in [0.29, 0.717) is 70.8 Å². The predicted molar refractivity (Wildman–Crippen MR) is 144 cm³/mol. The molecule has 37 heavy (non-hydrogen) atoms. The van der Waals surface area contributed by atoms with E-state index in [1.54, 1.807) is 29.8 Å². The van der Waals surface area contributed by atoms with Crippen molar-refractivity contribution in [3.63, 3.8) is 0 Å². The second-order valence-electron chi connectivity index (χ2n) is 9.54. The summed E-state index contributed by atoms with van der Waals surface area (Å²) in [5, 5.41) is 9.23. The van der Waals surface area contributed by atoms with E-state index in [2.05, 4.69) is 4.98 Å². The van der Waals surface area contributed by atoms with Crippen LogP contribution in [0.2, 0.25) is 0 Å². The number of piperidine rings is 1. The number of carbonyl (C=O) groups is 1. The van der Waals surface area contributed by atoms with Crippen molar-refractivity contribution in [2.75, 3.05) is 26.3 Å². The molecule has 1 unspecified atom stereocenters. The molecule has 0 amide bonds. The zero-order chi connectivity index (χ0) is 26.5. The summed E-state index contributed by atoms with van der Waals surface area (Å²) in [7, 11) is 0.317. The summed E-state index contributed by atoms with van der Waals surface area (Å²) in [6.45, 7) is 6.09. The monoisotopic (exact) mass is 528 g/mol. The fraction of sp³-hybridized carbons (Fsp3) is 0.519. The molecule has 2 N–H and O–H groups in total. The molecule has 4 rings (SSSR count). The molecule has 1 aliphatic heterocycles. The van der Waals surface area contributed by atoms with E-state index in [1.807, 2.05) is 18.2 Å². The number of aliphatic hydroxyl groups is 1. The first-order valence-corrected chi connectivity index (χ1v) is 14.2. The molecular formula is C27H36N4O5S. The number of aromatic amines is 1. The van der Waals surface area contributed by atoms with Gasteiger partial charge in [-0.3, -0.25) is 9.59 Å². The predicted octanol–water partition coefficient (Wildman–Crippen LogP) is 3.60. The van der Waals surface area contributed by atoms with Crippen LogP contribution in [0.4, 0.5) is 0 Å². The Morgan fingerprint density at radius 2 is 2.00 bits per heavy atom. The highest BCUT2D eigenvalue weighted by Crippen LogP contribution is 2.33. The van der Waals surface area contributed by atoms with Crippen LogP contribution in [-0.2, 0) is 24.5 Å². The fourth-order valence-electron chi connectivity index (χ4n) is 5.04. The number of H-pyrrole nitrogens is 1. The average molecular weight is 529 g/mol. The zero-order valence-corrected chi connectivity index (χ0v) is 22.6. The highest BCUT2D eigenvalue weighted by atomic mass is 32.2. The maximum Gasteiger partial charge on any atom is 0.275 e. The number of nitrogens with zero attached hydrogens (tertiary/aromatic N) is 3. The molecule has 0 bridgehead atoms. The van der Waals surface area contributed by atoms with E-state index >= 15 is 0 Å². The van der Waals surface area contributed by atoms with Gasteiger partial charge in [-0.25, -0.2) is 13.5 Å². The van der Waals surface area contributed by atoms with Crippen LogP contribution in [0.1, 0.15) is 62.0 Å². The van der Waals surface area contributed by atoms with Gasteiger partial charge in [0.25, 0.3) is 5.56 Å². The molecule has 1 aliphatic rings. The molecule has 9 nitrogen and oxygen atoms in total. The number of rotatable bonds is 11. The lowest BCUT2D eigenvalue weighted by Crippen LogP contribution is -2.35. The number of aliphatic hydroxyl groups excluding tert-OH is 1. The molecule has 200 valence electrons. The van der Waals surface area contributed by atoms with Crippen LogP contribution in [0, 0.1) is 5.92 Å². The quantitative estimate of drug-likeness (QED) is 0.367. The molecule has 0 radical (unpaired) electrons. The number of aromatic nitrogens is 3. The Morgan fingerprint density at radius 1 is 1.24 bits per heavy atom. The topological polar surface area (TPSA) is 118 Å². The van der Waals surface area contributed by atoms with Crippen molar-refractivity contribution in [2.24, 2.45) is 13.0 Å². The third-order valence-electron chi connectivity index (χ3n) is 7.01. The summed E-state index contributed by atoms with van der Waals surface area (Å²) < 4.78 is 23.0. The molecule has 10 heteroatoms. The molecule has 1 aromatic carbocycles. The van der Waals surface area contributed by atoms with Crippen LogP contribution in [0.3, 0.4) is 0 Å². The second kappa shape index (κ2) is 12.1. The first-order chi connectivity index (χ1) is 17.9. The van der Waals surface area contributed by atoms with Crippen LogP contribution in [0.25, 0.3) is 22.4 Å². The van der Waals surface area contributed by atoms with Gasteiger partial charge in [0.15, 0.2) is 6.29 Å². The van der Waals surface area contributed by atoms with Crippen molar-refractivity contribution in [2.45, 2.75) is 57.3 Å². The number of fused-ring (bicyclic) bond motifs is 1. The van der Waals surface area contributed by atoms with Crippen molar-refractivity contribution in [1.82, 2.24) is 18.8 Å². The van der Waals surface area contributed by atoms with E-state index in [1.165, 1.54) is 0 Å². The summed E-state index contributed by atoms with van der Waals surface area (Å²) >= 11 is 0. The minimum absolute atomic E-state index is 0.182. The molecule has 1 saturated heterocycles. The number of aryl methyl sites for hydroxylation is 2. The van der Waals surface area contributed by atoms with Gasteiger partial charge >= 0.3 is 0 Å². The van der Waals surface area contributed by atoms with Crippen LogP contribution in [0.5, 0.6) is 5.75 Å². The third-order valence-corrected chi connectivity index (χ3v) is 8.50. The summed E-state index contributed by atoms with van der Waals surface area (Å²) in [4.78, 5) is 33.3. The molecular weight excluding hydrogens is 492 g/mol. The molecule has 0 spiro atoms. The van der Waals surface area contributed by atoms with Crippen molar-refractivity contribution < 1.29 is 18.8 Å². The highest BCUT2D eigenvalue weighted by Gasteiger charge is 2.25. The smallest absolute Gasteiger partial charge is 0.275 e. The minimum Gasteiger partial charge on any atom is -0.493 e. The third kappa shape index (κ3) is 5.56. The number of hydrogen-bond donors (Lipinski definition) is 2. The van der Waals surface area contributed by atoms with Gasteiger partial charge in [0.1, 0.15) is 33.6 Å². The van der Waals surface area contributed by atoms with E-state index in [-0.39, 0.29) is 12.2 Å². The van der Waals surface area contributed by atoms with E-state index < -0.39 is 11.0 Å². The molecule has 0 aliphatic carbocycles. The summed E-state index contributed by atoms with van der Waals surface area (Å²) in [6, 6.07) is 5.38. The Balaban J connectivity index is 1.78. The molecule has 3 heterocycles. The molecule has 0 saturated carbocycles. The van der Waals surface area contributed by atoms with Crippen molar-refractivity contribution in [3.05, 3.63) is 39.8 Å². The lowest BCUT2D eigenvalue weighted by molar-refractivity contribution is 0.111. The van der Waals surface area contributed by atoms with Crippen LogP contribution in [-0.4, -0.2) is 60.7 Å². The van der Waals surface area contributed by atoms with E-state index in [9.17, 15) is 18.9 Å². The highest BCUT2D eigenvalue weighted by molar-refractivity contribution is 7.82. The summed E-state index contributed by atoms with van der Waals surface area (Å²) in [6.07, 6.45) is 5.58. The molecule has 1 atom stereocenters. The van der Waals surface area contributed by atoms with Crippen LogP contribution < -0.4 is 10.3 Å².